The molecule has 0 amide bonds. The summed E-state index contributed by atoms with van der Waals surface area (Å²) in [6, 6.07) is 18.2. The molecule has 0 aliphatic carbocycles. The van der Waals surface area contributed by atoms with Gasteiger partial charge in [0.25, 0.3) is 0 Å². The highest BCUT2D eigenvalue weighted by molar-refractivity contribution is 14.1. The number of fused-ring (bicyclic) bond motifs is 1. The smallest absolute Gasteiger partial charge is 0.0689 e. The van der Waals surface area contributed by atoms with Gasteiger partial charge in [-0.3, -0.25) is 0 Å². The Hall–Kier alpha value is -1.23. The van der Waals surface area contributed by atoms with Gasteiger partial charge < -0.3 is 10.2 Å². The molecule has 1 heterocycles. The zero-order chi connectivity index (χ0) is 14.1. The van der Waals surface area contributed by atoms with Crippen LogP contribution in [-0.2, 0) is 0 Å². The minimum Gasteiger partial charge on any atom is -0.375 e. The summed E-state index contributed by atoms with van der Waals surface area (Å²) in [5, 5.41) is 3.69. The van der Waals surface area contributed by atoms with Crippen LogP contribution in [0.4, 0.5) is 11.4 Å². The van der Waals surface area contributed by atoms with Crippen molar-refractivity contribution < 1.29 is 0 Å². The predicted octanol–water partition coefficient (Wildman–Crippen LogP) is 4.67. The molecular weight excluding hydrogens is 359 g/mol. The van der Waals surface area contributed by atoms with E-state index in [9.17, 15) is 0 Å². The van der Waals surface area contributed by atoms with Gasteiger partial charge in [0.15, 0.2) is 0 Å². The molecule has 0 fully saturated rings. The topological polar surface area (TPSA) is 15.3 Å². The molecule has 3 rings (SSSR count). The molecule has 20 heavy (non-hydrogen) atoms. The van der Waals surface area contributed by atoms with Crippen molar-refractivity contribution in [2.45, 2.75) is 25.9 Å². The summed E-state index contributed by atoms with van der Waals surface area (Å²) < 4.78 is 1.27. The molecule has 2 aromatic carbocycles. The molecule has 0 bridgehead atoms. The summed E-state index contributed by atoms with van der Waals surface area (Å²) in [5.74, 6) is 0. The monoisotopic (exact) mass is 378 g/mol. The molecule has 0 aromatic heterocycles. The number of nitrogens with one attached hydrogen (secondary N) is 1. The van der Waals surface area contributed by atoms with E-state index >= 15 is 0 Å². The molecule has 0 radical (unpaired) electrons. The lowest BCUT2D eigenvalue weighted by Crippen LogP contribution is -2.40. The van der Waals surface area contributed by atoms with Gasteiger partial charge in [-0.1, -0.05) is 30.3 Å². The average Bonchev–Trinajstić information content (AvgIpc) is 2.46. The molecule has 2 nitrogen and oxygen atoms in total. The molecule has 1 unspecified atom stereocenters. The van der Waals surface area contributed by atoms with Crippen LogP contribution in [-0.4, -0.2) is 12.6 Å². The highest BCUT2D eigenvalue weighted by Gasteiger charge is 2.26. The highest BCUT2D eigenvalue weighted by Crippen LogP contribution is 2.37. The van der Waals surface area contributed by atoms with E-state index in [4.69, 9.17) is 0 Å². The van der Waals surface area contributed by atoms with Crippen molar-refractivity contribution in [3.05, 3.63) is 57.7 Å². The largest absolute Gasteiger partial charge is 0.375 e. The second kappa shape index (κ2) is 5.64. The number of hydrogen-bond donors (Lipinski definition) is 1. The number of anilines is 2. The first kappa shape index (κ1) is 13.7. The fourth-order valence-electron chi connectivity index (χ4n) is 2.77. The Morgan fingerprint density at radius 3 is 2.60 bits per heavy atom. The van der Waals surface area contributed by atoms with E-state index in [1.165, 1.54) is 20.5 Å². The van der Waals surface area contributed by atoms with Gasteiger partial charge in [-0.05, 0) is 60.2 Å². The Labute approximate surface area is 134 Å². The third-order valence-corrected chi connectivity index (χ3v) is 4.47. The minimum atomic E-state index is 0.351. The van der Waals surface area contributed by atoms with E-state index in [1.54, 1.807) is 0 Å². The van der Waals surface area contributed by atoms with Gasteiger partial charge in [0, 0.05) is 16.2 Å². The van der Waals surface area contributed by atoms with Crippen molar-refractivity contribution in [3.63, 3.8) is 0 Å². The summed E-state index contributed by atoms with van der Waals surface area (Å²) in [4.78, 5) is 2.49. The molecule has 0 spiro atoms. The molecule has 104 valence electrons. The minimum absolute atomic E-state index is 0.351. The van der Waals surface area contributed by atoms with E-state index in [2.05, 4.69) is 95.2 Å². The van der Waals surface area contributed by atoms with Crippen molar-refractivity contribution in [3.8, 4) is 0 Å². The lowest BCUT2D eigenvalue weighted by molar-refractivity contribution is 0.617. The van der Waals surface area contributed by atoms with Gasteiger partial charge in [0.2, 0.25) is 0 Å². The summed E-state index contributed by atoms with van der Waals surface area (Å²) >= 11 is 2.37. The highest BCUT2D eigenvalue weighted by atomic mass is 127. The van der Waals surface area contributed by atoms with E-state index in [1.807, 2.05) is 0 Å². The Bertz CT molecular complexity index is 595. The maximum atomic E-state index is 3.69. The lowest BCUT2D eigenvalue weighted by atomic mass is 10.0. The molecule has 1 atom stereocenters. The summed E-state index contributed by atoms with van der Waals surface area (Å²) in [6.45, 7) is 5.53. The summed E-state index contributed by atoms with van der Waals surface area (Å²) in [5.41, 5.74) is 3.90. The standard InChI is InChI=1S/C17H19IN2/c1-12(2)20-11-16(13-6-4-3-5-7-13)19-15-10-14(18)8-9-17(15)20/h3-10,12,16,19H,11H2,1-2H3. The van der Waals surface area contributed by atoms with Crippen molar-refractivity contribution >= 4 is 34.0 Å². The first-order chi connectivity index (χ1) is 9.65. The van der Waals surface area contributed by atoms with Gasteiger partial charge in [-0.25, -0.2) is 0 Å². The van der Waals surface area contributed by atoms with E-state index in [-0.39, 0.29) is 0 Å². The average molecular weight is 378 g/mol. The van der Waals surface area contributed by atoms with Gasteiger partial charge >= 0.3 is 0 Å². The molecule has 1 aliphatic heterocycles. The fraction of sp³-hybridized carbons (Fsp3) is 0.294. The molecular formula is C17H19IN2. The Balaban J connectivity index is 2.00. The van der Waals surface area contributed by atoms with Crippen LogP contribution in [0.25, 0.3) is 0 Å². The van der Waals surface area contributed by atoms with Crippen LogP contribution in [0.3, 0.4) is 0 Å². The number of hydrogen-bond acceptors (Lipinski definition) is 2. The number of nitrogens with zero attached hydrogens (tertiary/aromatic N) is 1. The van der Waals surface area contributed by atoms with E-state index in [0.29, 0.717) is 12.1 Å². The van der Waals surface area contributed by atoms with Gasteiger partial charge in [-0.15, -0.1) is 0 Å². The first-order valence-corrected chi connectivity index (χ1v) is 8.10. The number of benzene rings is 2. The Morgan fingerprint density at radius 2 is 1.90 bits per heavy atom. The summed E-state index contributed by atoms with van der Waals surface area (Å²) in [7, 11) is 0. The van der Waals surface area contributed by atoms with Crippen LogP contribution >= 0.6 is 22.6 Å². The van der Waals surface area contributed by atoms with Crippen LogP contribution in [0.1, 0.15) is 25.5 Å². The van der Waals surface area contributed by atoms with Crippen molar-refractivity contribution in [2.24, 2.45) is 0 Å². The maximum absolute atomic E-state index is 3.69. The predicted molar refractivity (Wildman–Crippen MR) is 94.4 cm³/mol. The van der Waals surface area contributed by atoms with Crippen LogP contribution in [0.2, 0.25) is 0 Å². The molecule has 2 aromatic rings. The van der Waals surface area contributed by atoms with Gasteiger partial charge in [0.05, 0.1) is 17.4 Å². The Kier molecular flexibility index (Phi) is 3.87. The zero-order valence-electron chi connectivity index (χ0n) is 11.8. The molecule has 1 aliphatic rings. The van der Waals surface area contributed by atoms with E-state index < -0.39 is 0 Å². The number of halogens is 1. The van der Waals surface area contributed by atoms with Gasteiger partial charge in [-0.2, -0.15) is 0 Å². The molecule has 0 saturated carbocycles. The first-order valence-electron chi connectivity index (χ1n) is 7.03. The van der Waals surface area contributed by atoms with Crippen LogP contribution < -0.4 is 10.2 Å². The quantitative estimate of drug-likeness (QED) is 0.764. The lowest BCUT2D eigenvalue weighted by Gasteiger charge is -2.40. The molecule has 1 N–H and O–H groups in total. The molecule has 0 saturated heterocycles. The second-order valence-corrected chi connectivity index (χ2v) is 6.76. The zero-order valence-corrected chi connectivity index (χ0v) is 14.0. The van der Waals surface area contributed by atoms with Crippen molar-refractivity contribution in [2.75, 3.05) is 16.8 Å². The van der Waals surface area contributed by atoms with Gasteiger partial charge in [0.1, 0.15) is 0 Å². The SMILES string of the molecule is CC(C)N1CC(c2ccccc2)Nc2cc(I)ccc21. The van der Waals surface area contributed by atoms with E-state index in [0.717, 1.165) is 6.54 Å². The normalized spacial score (nSPS) is 17.8. The van der Waals surface area contributed by atoms with Crippen LogP contribution in [0.5, 0.6) is 0 Å². The third kappa shape index (κ3) is 2.64. The summed E-state index contributed by atoms with van der Waals surface area (Å²) in [6.07, 6.45) is 0. The Morgan fingerprint density at radius 1 is 1.15 bits per heavy atom. The van der Waals surface area contributed by atoms with Crippen molar-refractivity contribution in [1.29, 1.82) is 0 Å². The fourth-order valence-corrected chi connectivity index (χ4v) is 3.26. The molecule has 3 heteroatoms. The second-order valence-electron chi connectivity index (χ2n) is 5.52. The third-order valence-electron chi connectivity index (χ3n) is 3.80. The van der Waals surface area contributed by atoms with Crippen LogP contribution in [0, 0.1) is 3.57 Å². The van der Waals surface area contributed by atoms with Crippen LogP contribution in [0.15, 0.2) is 48.5 Å². The maximum Gasteiger partial charge on any atom is 0.0689 e. The number of rotatable bonds is 2. The van der Waals surface area contributed by atoms with Crippen molar-refractivity contribution in [1.82, 2.24) is 0 Å².